The molecular weight excluding hydrogens is 390 g/mol. The largest absolute Gasteiger partial charge is 0.469 e. The Morgan fingerprint density at radius 1 is 1.16 bits per heavy atom. The molecule has 0 amide bonds. The summed E-state index contributed by atoms with van der Waals surface area (Å²) in [5.41, 5.74) is 5.17. The summed E-state index contributed by atoms with van der Waals surface area (Å²) in [6, 6.07) is -0.0412. The highest BCUT2D eigenvalue weighted by Gasteiger charge is 2.71. The maximum Gasteiger partial charge on any atom is 0.312 e. The van der Waals surface area contributed by atoms with Gasteiger partial charge in [-0.2, -0.15) is 0 Å². The van der Waals surface area contributed by atoms with E-state index in [9.17, 15) is 15.0 Å². The molecule has 4 fully saturated rings. The lowest BCUT2D eigenvalue weighted by atomic mass is 9.38. The van der Waals surface area contributed by atoms with Gasteiger partial charge in [0.25, 0.3) is 0 Å². The van der Waals surface area contributed by atoms with Crippen molar-refractivity contribution in [3.63, 3.8) is 0 Å². The number of nitrogens with two attached hydrogens (primary N) is 1. The van der Waals surface area contributed by atoms with Crippen LogP contribution in [-0.2, 0) is 9.53 Å². The minimum absolute atomic E-state index is 0.0412. The summed E-state index contributed by atoms with van der Waals surface area (Å²) in [6.07, 6.45) is 7.09. The molecule has 5 nitrogen and oxygen atoms in total. The average molecular weight is 436 g/mol. The third-order valence-electron chi connectivity index (χ3n) is 11.1. The zero-order valence-corrected chi connectivity index (χ0v) is 20.3. The summed E-state index contributed by atoms with van der Waals surface area (Å²) in [4.78, 5) is 13.2. The van der Waals surface area contributed by atoms with Crippen LogP contribution in [0.5, 0.6) is 0 Å². The smallest absolute Gasteiger partial charge is 0.312 e. The normalized spacial score (nSPS) is 52.6. The molecule has 4 saturated carbocycles. The first-order valence-corrected chi connectivity index (χ1v) is 12.8. The topological polar surface area (TPSA) is 92.8 Å². The van der Waals surface area contributed by atoms with E-state index < -0.39 is 17.6 Å². The second-order valence-electron chi connectivity index (χ2n) is 12.1. The van der Waals surface area contributed by atoms with Crippen molar-refractivity contribution in [2.45, 2.75) is 104 Å². The molecule has 0 saturated heterocycles. The maximum atomic E-state index is 13.2. The summed E-state index contributed by atoms with van der Waals surface area (Å²) < 4.78 is 5.33. The van der Waals surface area contributed by atoms with Gasteiger partial charge >= 0.3 is 5.97 Å². The van der Waals surface area contributed by atoms with E-state index in [-0.39, 0.29) is 34.7 Å². The number of fused-ring (bicyclic) bond motifs is 5. The van der Waals surface area contributed by atoms with Crippen molar-refractivity contribution < 1.29 is 19.7 Å². The molecular formula is C26H45NO4. The second-order valence-corrected chi connectivity index (χ2v) is 12.1. The molecule has 4 rings (SSSR count). The number of carbonyl (C=O) groups excluding carboxylic acids is 1. The molecule has 2 unspecified atom stereocenters. The molecule has 0 aliphatic heterocycles. The number of ether oxygens (including phenoxy) is 1. The number of rotatable bonds is 4. The fraction of sp³-hybridized carbons (Fsp3) is 0.962. The molecule has 11 atom stereocenters. The summed E-state index contributed by atoms with van der Waals surface area (Å²) in [6.45, 7) is 9.13. The first kappa shape index (κ1) is 23.5. The molecule has 178 valence electrons. The standard InChI is InChI=1S/C26H45NO4/c1-6-7-15(2)17-8-9-18-22-19(12-21(29)25(17,18)4)24(3)11-10-16(27)13-26(24,14-20(22)28)23(30)31-5/h15-22,28-29H,6-14,27H2,1-5H3/t15-,16?,17-,18+,19+,20-,21+,22+,24-,25-,26?/m1/s1. The van der Waals surface area contributed by atoms with Crippen LogP contribution in [0, 0.1) is 45.8 Å². The van der Waals surface area contributed by atoms with Crippen molar-refractivity contribution in [3.8, 4) is 0 Å². The average Bonchev–Trinajstić information content (AvgIpc) is 3.08. The zero-order valence-electron chi connectivity index (χ0n) is 20.3. The molecule has 0 aromatic heterocycles. The van der Waals surface area contributed by atoms with Crippen molar-refractivity contribution in [1.29, 1.82) is 0 Å². The summed E-state index contributed by atoms with van der Waals surface area (Å²) in [5.74, 6) is 1.44. The molecule has 0 aromatic rings. The lowest BCUT2D eigenvalue weighted by Gasteiger charge is -2.66. The predicted molar refractivity (Wildman–Crippen MR) is 121 cm³/mol. The molecule has 4 aliphatic carbocycles. The number of methoxy groups -OCH3 is 1. The molecule has 31 heavy (non-hydrogen) atoms. The highest BCUT2D eigenvalue weighted by Crippen LogP contribution is 2.71. The van der Waals surface area contributed by atoms with Crippen molar-refractivity contribution in [1.82, 2.24) is 0 Å². The number of carbonyl (C=O) groups is 1. The van der Waals surface area contributed by atoms with Crippen LogP contribution in [0.4, 0.5) is 0 Å². The Morgan fingerprint density at radius 3 is 2.52 bits per heavy atom. The molecule has 0 aromatic carbocycles. The van der Waals surface area contributed by atoms with Crippen LogP contribution in [0.1, 0.15) is 85.5 Å². The van der Waals surface area contributed by atoms with Crippen LogP contribution in [0.15, 0.2) is 0 Å². The number of hydrogen-bond acceptors (Lipinski definition) is 5. The second kappa shape index (κ2) is 7.99. The molecule has 0 radical (unpaired) electrons. The molecule has 0 heterocycles. The first-order valence-electron chi connectivity index (χ1n) is 12.8. The van der Waals surface area contributed by atoms with Gasteiger partial charge in [-0.15, -0.1) is 0 Å². The Balaban J connectivity index is 1.74. The number of aliphatic hydroxyl groups is 2. The minimum Gasteiger partial charge on any atom is -0.469 e. The summed E-state index contributed by atoms with van der Waals surface area (Å²) in [5, 5.41) is 23.3. The van der Waals surface area contributed by atoms with E-state index in [4.69, 9.17) is 10.5 Å². The monoisotopic (exact) mass is 435 g/mol. The quantitative estimate of drug-likeness (QED) is 0.583. The van der Waals surface area contributed by atoms with Crippen molar-refractivity contribution >= 4 is 5.97 Å². The van der Waals surface area contributed by atoms with Gasteiger partial charge < -0.3 is 20.7 Å². The van der Waals surface area contributed by atoms with Gasteiger partial charge in [0.2, 0.25) is 0 Å². The van der Waals surface area contributed by atoms with E-state index in [2.05, 4.69) is 27.7 Å². The Kier molecular flexibility index (Phi) is 6.06. The van der Waals surface area contributed by atoms with Crippen molar-refractivity contribution in [2.75, 3.05) is 7.11 Å². The highest BCUT2D eigenvalue weighted by atomic mass is 16.5. The molecule has 4 N–H and O–H groups in total. The van der Waals surface area contributed by atoms with Gasteiger partial charge in [0, 0.05) is 6.04 Å². The van der Waals surface area contributed by atoms with Gasteiger partial charge in [0.15, 0.2) is 0 Å². The van der Waals surface area contributed by atoms with Crippen LogP contribution >= 0.6 is 0 Å². The van der Waals surface area contributed by atoms with Gasteiger partial charge in [-0.25, -0.2) is 0 Å². The SMILES string of the molecule is CCC[C@@H](C)[C@H]1CC[C@H]2[C@@H]3[C@H](O)CC4(C(=O)OC)CC(N)CC[C@]4(C)[C@H]3C[C@H](O)[C@]12C. The molecule has 4 aliphatic rings. The molecule has 0 bridgehead atoms. The van der Waals surface area contributed by atoms with Crippen LogP contribution in [0.2, 0.25) is 0 Å². The Bertz CT molecular complexity index is 699. The van der Waals surface area contributed by atoms with E-state index in [1.165, 1.54) is 20.0 Å². The molecule has 0 spiro atoms. The molecule has 5 heteroatoms. The lowest BCUT2D eigenvalue weighted by Crippen LogP contribution is -2.68. The summed E-state index contributed by atoms with van der Waals surface area (Å²) >= 11 is 0. The van der Waals surface area contributed by atoms with Crippen molar-refractivity contribution in [3.05, 3.63) is 0 Å². The number of aliphatic hydroxyl groups excluding tert-OH is 2. The fourth-order valence-corrected chi connectivity index (χ4v) is 9.52. The van der Waals surface area contributed by atoms with Gasteiger partial charge in [0.05, 0.1) is 24.7 Å². The minimum atomic E-state index is -0.749. The predicted octanol–water partition coefficient (Wildman–Crippen LogP) is 3.89. The van der Waals surface area contributed by atoms with Gasteiger partial charge in [0.1, 0.15) is 0 Å². The Hall–Kier alpha value is -0.650. The fourth-order valence-electron chi connectivity index (χ4n) is 9.52. The van der Waals surface area contributed by atoms with E-state index in [0.717, 1.165) is 25.7 Å². The zero-order chi connectivity index (χ0) is 22.8. The lowest BCUT2D eigenvalue weighted by molar-refractivity contribution is -0.237. The number of hydrogen-bond donors (Lipinski definition) is 3. The van der Waals surface area contributed by atoms with E-state index in [1.54, 1.807) is 0 Å². The Morgan fingerprint density at radius 2 is 1.87 bits per heavy atom. The first-order chi connectivity index (χ1) is 14.6. The van der Waals surface area contributed by atoms with Crippen molar-refractivity contribution in [2.24, 2.45) is 51.6 Å². The van der Waals surface area contributed by atoms with Crippen LogP contribution in [0.25, 0.3) is 0 Å². The van der Waals surface area contributed by atoms with Crippen LogP contribution < -0.4 is 5.73 Å². The third kappa shape index (κ3) is 3.09. The van der Waals surface area contributed by atoms with E-state index in [0.29, 0.717) is 37.0 Å². The van der Waals surface area contributed by atoms with Gasteiger partial charge in [-0.05, 0) is 85.4 Å². The van der Waals surface area contributed by atoms with E-state index in [1.807, 2.05) is 0 Å². The van der Waals surface area contributed by atoms with Crippen LogP contribution in [-0.4, -0.2) is 41.5 Å². The Labute approximate surface area is 188 Å². The van der Waals surface area contributed by atoms with E-state index >= 15 is 0 Å². The van der Waals surface area contributed by atoms with Crippen LogP contribution in [0.3, 0.4) is 0 Å². The summed E-state index contributed by atoms with van der Waals surface area (Å²) in [7, 11) is 1.46. The van der Waals surface area contributed by atoms with Gasteiger partial charge in [-0.3, -0.25) is 4.79 Å². The maximum absolute atomic E-state index is 13.2. The van der Waals surface area contributed by atoms with Gasteiger partial charge in [-0.1, -0.05) is 40.5 Å². The number of esters is 1. The third-order valence-corrected chi connectivity index (χ3v) is 11.1. The highest BCUT2D eigenvalue weighted by molar-refractivity contribution is 5.78.